The predicted molar refractivity (Wildman–Crippen MR) is 75.2 cm³/mol. The highest BCUT2D eigenvalue weighted by Gasteiger charge is 2.37. The van der Waals surface area contributed by atoms with Crippen LogP contribution in [-0.2, 0) is 0 Å². The number of hydrogen-bond acceptors (Lipinski definition) is 1. The van der Waals surface area contributed by atoms with Gasteiger partial charge in [-0.25, -0.2) is 0 Å². The minimum Gasteiger partial charge on any atom is -0.388 e. The van der Waals surface area contributed by atoms with Crippen molar-refractivity contribution in [3.8, 4) is 0 Å². The third-order valence-corrected chi connectivity index (χ3v) is 3.25. The standard InChI is InChI=1S/C16H21F3O/c1-3-5-11-13(16(17,18)19)15(14(20)4-2)12-9-7-6-8-10-12/h6-10,14,20H,3-5,11H2,1-2H3/b15-13-. The summed E-state index contributed by atoms with van der Waals surface area (Å²) >= 11 is 0. The summed E-state index contributed by atoms with van der Waals surface area (Å²) in [6.07, 6.45) is -4.15. The van der Waals surface area contributed by atoms with Crippen molar-refractivity contribution in [1.29, 1.82) is 0 Å². The zero-order chi connectivity index (χ0) is 15.2. The second-order valence-electron chi connectivity index (χ2n) is 4.78. The highest BCUT2D eigenvalue weighted by molar-refractivity contribution is 5.72. The topological polar surface area (TPSA) is 20.2 Å². The van der Waals surface area contributed by atoms with E-state index in [1.54, 1.807) is 37.3 Å². The molecule has 0 bridgehead atoms. The van der Waals surface area contributed by atoms with Crippen LogP contribution in [0.4, 0.5) is 13.2 Å². The Morgan fingerprint density at radius 3 is 2.20 bits per heavy atom. The molecule has 0 spiro atoms. The Morgan fingerprint density at radius 2 is 1.75 bits per heavy atom. The van der Waals surface area contributed by atoms with Gasteiger partial charge in [-0.3, -0.25) is 0 Å². The fourth-order valence-corrected chi connectivity index (χ4v) is 2.17. The van der Waals surface area contributed by atoms with Crippen molar-refractivity contribution in [2.75, 3.05) is 0 Å². The number of hydrogen-bond donors (Lipinski definition) is 1. The predicted octanol–water partition coefficient (Wildman–Crippen LogP) is 4.96. The molecule has 0 aliphatic rings. The van der Waals surface area contributed by atoms with E-state index < -0.39 is 17.9 Å². The number of unbranched alkanes of at least 4 members (excludes halogenated alkanes) is 1. The van der Waals surface area contributed by atoms with E-state index in [-0.39, 0.29) is 18.4 Å². The van der Waals surface area contributed by atoms with Gasteiger partial charge < -0.3 is 5.11 Å². The van der Waals surface area contributed by atoms with E-state index in [2.05, 4.69) is 0 Å². The van der Waals surface area contributed by atoms with Gasteiger partial charge in [-0.1, -0.05) is 50.6 Å². The maximum atomic E-state index is 13.3. The van der Waals surface area contributed by atoms with Crippen molar-refractivity contribution in [1.82, 2.24) is 0 Å². The molecule has 0 heterocycles. The van der Waals surface area contributed by atoms with E-state index in [1.165, 1.54) is 0 Å². The van der Waals surface area contributed by atoms with Crippen LogP contribution in [-0.4, -0.2) is 17.4 Å². The van der Waals surface area contributed by atoms with Gasteiger partial charge >= 0.3 is 6.18 Å². The molecule has 0 aromatic heterocycles. The van der Waals surface area contributed by atoms with E-state index in [9.17, 15) is 18.3 Å². The second-order valence-corrected chi connectivity index (χ2v) is 4.78. The summed E-state index contributed by atoms with van der Waals surface area (Å²) in [5.41, 5.74) is -0.126. The Hall–Kier alpha value is -1.29. The minimum atomic E-state index is -4.41. The number of rotatable bonds is 6. The zero-order valence-corrected chi connectivity index (χ0v) is 11.9. The summed E-state index contributed by atoms with van der Waals surface area (Å²) in [6, 6.07) is 8.35. The van der Waals surface area contributed by atoms with Crippen molar-refractivity contribution >= 4 is 5.57 Å². The Morgan fingerprint density at radius 1 is 1.15 bits per heavy atom. The van der Waals surface area contributed by atoms with E-state index in [1.807, 2.05) is 6.92 Å². The molecule has 0 fully saturated rings. The summed E-state index contributed by atoms with van der Waals surface area (Å²) in [6.45, 7) is 3.54. The summed E-state index contributed by atoms with van der Waals surface area (Å²) in [5.74, 6) is 0. The van der Waals surface area contributed by atoms with Crippen LogP contribution in [0.3, 0.4) is 0 Å². The third kappa shape index (κ3) is 4.37. The lowest BCUT2D eigenvalue weighted by molar-refractivity contribution is -0.0941. The lowest BCUT2D eigenvalue weighted by Crippen LogP contribution is -2.20. The van der Waals surface area contributed by atoms with Gasteiger partial charge in [0.1, 0.15) is 0 Å². The van der Waals surface area contributed by atoms with E-state index >= 15 is 0 Å². The molecule has 1 nitrogen and oxygen atoms in total. The van der Waals surface area contributed by atoms with Crippen LogP contribution in [0.2, 0.25) is 0 Å². The zero-order valence-electron chi connectivity index (χ0n) is 11.9. The lowest BCUT2D eigenvalue weighted by atomic mass is 9.90. The van der Waals surface area contributed by atoms with Crippen LogP contribution >= 0.6 is 0 Å². The largest absolute Gasteiger partial charge is 0.413 e. The van der Waals surface area contributed by atoms with Crippen LogP contribution in [0.1, 0.15) is 45.1 Å². The number of alkyl halides is 3. The van der Waals surface area contributed by atoms with Crippen LogP contribution < -0.4 is 0 Å². The van der Waals surface area contributed by atoms with Crippen LogP contribution in [0.5, 0.6) is 0 Å². The summed E-state index contributed by atoms with van der Waals surface area (Å²) in [4.78, 5) is 0. The fourth-order valence-electron chi connectivity index (χ4n) is 2.17. The molecule has 0 radical (unpaired) electrons. The van der Waals surface area contributed by atoms with Gasteiger partial charge in [0.05, 0.1) is 6.10 Å². The molecule has 1 N–H and O–H groups in total. The van der Waals surface area contributed by atoms with E-state index in [4.69, 9.17) is 0 Å². The molecule has 20 heavy (non-hydrogen) atoms. The Kier molecular flexibility index (Phi) is 6.27. The molecule has 0 aliphatic carbocycles. The van der Waals surface area contributed by atoms with Gasteiger partial charge in [0.15, 0.2) is 0 Å². The molecular formula is C16H21F3O. The van der Waals surface area contributed by atoms with Crippen molar-refractivity contribution in [2.24, 2.45) is 0 Å². The van der Waals surface area contributed by atoms with Gasteiger partial charge in [-0.15, -0.1) is 0 Å². The van der Waals surface area contributed by atoms with E-state index in [0.29, 0.717) is 18.4 Å². The lowest BCUT2D eigenvalue weighted by Gasteiger charge is -2.22. The van der Waals surface area contributed by atoms with Crippen LogP contribution in [0.15, 0.2) is 35.9 Å². The molecular weight excluding hydrogens is 265 g/mol. The quantitative estimate of drug-likeness (QED) is 0.783. The Balaban J connectivity index is 3.38. The molecule has 0 aliphatic heterocycles. The van der Waals surface area contributed by atoms with Crippen LogP contribution in [0, 0.1) is 0 Å². The van der Waals surface area contributed by atoms with Crippen molar-refractivity contribution in [2.45, 2.75) is 51.8 Å². The minimum absolute atomic E-state index is 0.0223. The van der Waals surface area contributed by atoms with E-state index in [0.717, 1.165) is 0 Å². The van der Waals surface area contributed by atoms with Gasteiger partial charge in [-0.05, 0) is 30.4 Å². The first kappa shape index (κ1) is 16.8. The number of benzene rings is 1. The molecule has 112 valence electrons. The van der Waals surface area contributed by atoms with Gasteiger partial charge in [-0.2, -0.15) is 13.2 Å². The number of aliphatic hydroxyl groups is 1. The smallest absolute Gasteiger partial charge is 0.388 e. The van der Waals surface area contributed by atoms with Crippen molar-refractivity contribution < 1.29 is 18.3 Å². The molecule has 1 aromatic rings. The first-order chi connectivity index (χ1) is 9.41. The molecule has 4 heteroatoms. The van der Waals surface area contributed by atoms with Crippen molar-refractivity contribution in [3.05, 3.63) is 41.5 Å². The third-order valence-electron chi connectivity index (χ3n) is 3.25. The molecule has 0 saturated carbocycles. The normalized spacial score (nSPS) is 14.9. The van der Waals surface area contributed by atoms with Gasteiger partial charge in [0.25, 0.3) is 0 Å². The number of allylic oxidation sites excluding steroid dienone is 1. The Bertz CT molecular complexity index is 435. The first-order valence-electron chi connectivity index (χ1n) is 6.95. The summed E-state index contributed by atoms with van der Waals surface area (Å²) in [5, 5.41) is 10.0. The number of aliphatic hydroxyl groups excluding tert-OH is 1. The van der Waals surface area contributed by atoms with Crippen molar-refractivity contribution in [3.63, 3.8) is 0 Å². The molecule has 1 atom stereocenters. The average molecular weight is 286 g/mol. The molecule has 1 rings (SSSR count). The maximum absolute atomic E-state index is 13.3. The fraction of sp³-hybridized carbons (Fsp3) is 0.500. The SMILES string of the molecule is CCCC/C(=C(\c1ccccc1)C(O)CC)C(F)(F)F. The maximum Gasteiger partial charge on any atom is 0.413 e. The summed E-state index contributed by atoms with van der Waals surface area (Å²) in [7, 11) is 0. The summed E-state index contributed by atoms with van der Waals surface area (Å²) < 4.78 is 39.9. The number of halogens is 3. The molecule has 0 amide bonds. The molecule has 1 unspecified atom stereocenters. The Labute approximate surface area is 118 Å². The first-order valence-corrected chi connectivity index (χ1v) is 6.95. The van der Waals surface area contributed by atoms with Gasteiger partial charge in [0.2, 0.25) is 0 Å². The molecule has 1 aromatic carbocycles. The average Bonchev–Trinajstić information content (AvgIpc) is 2.42. The highest BCUT2D eigenvalue weighted by atomic mass is 19.4. The van der Waals surface area contributed by atoms with Gasteiger partial charge in [0, 0.05) is 5.57 Å². The van der Waals surface area contributed by atoms with Crippen LogP contribution in [0.25, 0.3) is 5.57 Å². The second kappa shape index (κ2) is 7.48. The molecule has 0 saturated heterocycles. The monoisotopic (exact) mass is 286 g/mol. The highest BCUT2D eigenvalue weighted by Crippen LogP contribution is 2.37.